The number of nitrogens with zero attached hydrogens (tertiary/aromatic N) is 2. The van der Waals surface area contributed by atoms with Crippen molar-refractivity contribution in [3.63, 3.8) is 0 Å². The van der Waals surface area contributed by atoms with E-state index in [0.717, 1.165) is 49.7 Å². The van der Waals surface area contributed by atoms with Crippen LogP contribution in [0.1, 0.15) is 35.8 Å². The molecule has 1 saturated heterocycles. The quantitative estimate of drug-likeness (QED) is 0.885. The van der Waals surface area contributed by atoms with Gasteiger partial charge in [0.05, 0.1) is 13.2 Å². The predicted octanol–water partition coefficient (Wildman–Crippen LogP) is 2.99. The molecule has 3 rings (SSSR count). The maximum atomic E-state index is 5.53. The fourth-order valence-electron chi connectivity index (χ4n) is 3.40. The number of benzene rings is 1. The molecule has 1 unspecified atom stereocenters. The molecule has 1 aromatic heterocycles. The van der Waals surface area contributed by atoms with Crippen LogP contribution in [-0.2, 0) is 18.3 Å². The first-order valence-electron chi connectivity index (χ1n) is 8.61. The fourth-order valence-corrected chi connectivity index (χ4v) is 3.40. The molecule has 0 bridgehead atoms. The number of aryl methyl sites for hydroxylation is 2. The van der Waals surface area contributed by atoms with Crippen molar-refractivity contribution < 1.29 is 9.47 Å². The smallest absolute Gasteiger partial charge is 0.125 e. The highest BCUT2D eigenvalue weighted by molar-refractivity contribution is 5.36. The molecule has 1 N–H and O–H groups in total. The van der Waals surface area contributed by atoms with Crippen LogP contribution < -0.4 is 10.1 Å². The topological polar surface area (TPSA) is 48.3 Å². The molecular weight excluding hydrogens is 302 g/mol. The first kappa shape index (κ1) is 17.0. The highest BCUT2D eigenvalue weighted by atomic mass is 16.5. The zero-order chi connectivity index (χ0) is 16.9. The van der Waals surface area contributed by atoms with Gasteiger partial charge in [0.15, 0.2) is 0 Å². The van der Waals surface area contributed by atoms with Crippen LogP contribution in [0.3, 0.4) is 0 Å². The summed E-state index contributed by atoms with van der Waals surface area (Å²) in [7, 11) is 3.78. The lowest BCUT2D eigenvalue weighted by atomic mass is 9.91. The van der Waals surface area contributed by atoms with Gasteiger partial charge >= 0.3 is 0 Å². The zero-order valence-electron chi connectivity index (χ0n) is 14.8. The Morgan fingerprint density at radius 2 is 2.17 bits per heavy atom. The van der Waals surface area contributed by atoms with Gasteiger partial charge in [-0.3, -0.25) is 0 Å². The summed E-state index contributed by atoms with van der Waals surface area (Å²) in [6, 6.07) is 6.62. The Morgan fingerprint density at radius 3 is 2.83 bits per heavy atom. The summed E-state index contributed by atoms with van der Waals surface area (Å²) in [5.41, 5.74) is 2.38. The summed E-state index contributed by atoms with van der Waals surface area (Å²) in [5.74, 6) is 2.59. The van der Waals surface area contributed by atoms with E-state index in [1.54, 1.807) is 7.11 Å². The lowest BCUT2D eigenvalue weighted by Gasteiger charge is -2.31. The van der Waals surface area contributed by atoms with Crippen LogP contribution in [0.25, 0.3) is 0 Å². The van der Waals surface area contributed by atoms with E-state index in [2.05, 4.69) is 47.0 Å². The van der Waals surface area contributed by atoms with Gasteiger partial charge in [-0.25, -0.2) is 4.98 Å². The number of nitrogens with one attached hydrogen (secondary N) is 1. The molecular formula is C19H27N3O2. The van der Waals surface area contributed by atoms with Gasteiger partial charge in [0, 0.05) is 39.2 Å². The van der Waals surface area contributed by atoms with Crippen LogP contribution in [-0.4, -0.2) is 29.9 Å². The van der Waals surface area contributed by atoms with Crippen LogP contribution in [0.5, 0.6) is 5.75 Å². The Kier molecular flexibility index (Phi) is 5.53. The van der Waals surface area contributed by atoms with Crippen molar-refractivity contribution in [2.45, 2.75) is 32.4 Å². The third-order valence-corrected chi connectivity index (χ3v) is 4.87. The molecule has 24 heavy (non-hydrogen) atoms. The van der Waals surface area contributed by atoms with Crippen LogP contribution in [0.15, 0.2) is 30.6 Å². The number of hydrogen-bond donors (Lipinski definition) is 1. The molecule has 0 radical (unpaired) electrons. The van der Waals surface area contributed by atoms with Gasteiger partial charge in [-0.2, -0.15) is 0 Å². The lowest BCUT2D eigenvalue weighted by molar-refractivity contribution is 0.0518. The van der Waals surface area contributed by atoms with Crippen LogP contribution in [0.4, 0.5) is 0 Å². The van der Waals surface area contributed by atoms with Gasteiger partial charge in [-0.05, 0) is 42.9 Å². The molecule has 5 nitrogen and oxygen atoms in total. The van der Waals surface area contributed by atoms with Gasteiger partial charge in [0.1, 0.15) is 11.6 Å². The molecule has 5 heteroatoms. The SMILES string of the molecule is COc1cc(CNC(c2nccn2C)C2CCOCC2)ccc1C. The second-order valence-electron chi connectivity index (χ2n) is 6.51. The molecule has 1 aromatic carbocycles. The van der Waals surface area contributed by atoms with Crippen LogP contribution in [0, 0.1) is 12.8 Å². The monoisotopic (exact) mass is 329 g/mol. The molecule has 2 heterocycles. The van der Waals surface area contributed by atoms with Crippen molar-refractivity contribution in [3.8, 4) is 5.75 Å². The van der Waals surface area contributed by atoms with Crippen molar-refractivity contribution in [3.05, 3.63) is 47.5 Å². The van der Waals surface area contributed by atoms with Crippen molar-refractivity contribution >= 4 is 0 Å². The molecule has 0 amide bonds. The first-order chi connectivity index (χ1) is 11.7. The largest absolute Gasteiger partial charge is 0.496 e. The minimum atomic E-state index is 0.237. The van der Waals surface area contributed by atoms with Crippen molar-refractivity contribution in [1.82, 2.24) is 14.9 Å². The number of ether oxygens (including phenoxy) is 2. The molecule has 1 fully saturated rings. The van der Waals surface area contributed by atoms with Crippen molar-refractivity contribution in [2.75, 3.05) is 20.3 Å². The van der Waals surface area contributed by atoms with E-state index in [4.69, 9.17) is 9.47 Å². The van der Waals surface area contributed by atoms with Gasteiger partial charge in [0.2, 0.25) is 0 Å². The zero-order valence-corrected chi connectivity index (χ0v) is 14.8. The highest BCUT2D eigenvalue weighted by Crippen LogP contribution is 2.29. The summed E-state index contributed by atoms with van der Waals surface area (Å²) in [5, 5.41) is 3.73. The molecule has 1 aliphatic heterocycles. The Morgan fingerprint density at radius 1 is 1.38 bits per heavy atom. The fraction of sp³-hybridized carbons (Fsp3) is 0.526. The summed E-state index contributed by atoms with van der Waals surface area (Å²) in [4.78, 5) is 4.59. The first-order valence-corrected chi connectivity index (χ1v) is 8.61. The normalized spacial score (nSPS) is 17.0. The number of aromatic nitrogens is 2. The summed E-state index contributed by atoms with van der Waals surface area (Å²) in [6.45, 7) is 4.54. The third kappa shape index (κ3) is 3.79. The molecule has 0 aliphatic carbocycles. The Bertz CT molecular complexity index is 662. The summed E-state index contributed by atoms with van der Waals surface area (Å²) >= 11 is 0. The highest BCUT2D eigenvalue weighted by Gasteiger charge is 2.27. The van der Waals surface area contributed by atoms with E-state index in [1.807, 2.05) is 12.4 Å². The molecule has 2 aromatic rings. The molecule has 1 atom stereocenters. The van der Waals surface area contributed by atoms with E-state index in [9.17, 15) is 0 Å². The van der Waals surface area contributed by atoms with Crippen LogP contribution >= 0.6 is 0 Å². The van der Waals surface area contributed by atoms with E-state index in [1.165, 1.54) is 5.56 Å². The lowest BCUT2D eigenvalue weighted by Crippen LogP contribution is -2.33. The van der Waals surface area contributed by atoms with Crippen LogP contribution in [0.2, 0.25) is 0 Å². The van der Waals surface area contributed by atoms with Gasteiger partial charge < -0.3 is 19.4 Å². The van der Waals surface area contributed by atoms with Gasteiger partial charge in [0.25, 0.3) is 0 Å². The standard InChI is InChI=1S/C19H27N3O2/c1-14-4-5-15(12-17(14)23-3)13-21-18(16-6-10-24-11-7-16)19-20-8-9-22(19)2/h4-5,8-9,12,16,18,21H,6-7,10-11,13H2,1-3H3. The Hall–Kier alpha value is -1.85. The molecule has 0 spiro atoms. The van der Waals surface area contributed by atoms with Crippen molar-refractivity contribution in [2.24, 2.45) is 13.0 Å². The second-order valence-corrected chi connectivity index (χ2v) is 6.51. The Balaban J connectivity index is 1.75. The molecule has 130 valence electrons. The minimum Gasteiger partial charge on any atom is -0.496 e. The van der Waals surface area contributed by atoms with E-state index in [-0.39, 0.29) is 6.04 Å². The average molecular weight is 329 g/mol. The number of imidazole rings is 1. The average Bonchev–Trinajstić information content (AvgIpc) is 3.03. The Labute approximate surface area is 144 Å². The maximum absolute atomic E-state index is 5.53. The number of hydrogen-bond acceptors (Lipinski definition) is 4. The maximum Gasteiger partial charge on any atom is 0.125 e. The number of methoxy groups -OCH3 is 1. The summed E-state index contributed by atoms with van der Waals surface area (Å²) in [6.07, 6.45) is 6.03. The molecule has 0 saturated carbocycles. The van der Waals surface area contributed by atoms with Gasteiger partial charge in [-0.15, -0.1) is 0 Å². The second kappa shape index (κ2) is 7.81. The summed E-state index contributed by atoms with van der Waals surface area (Å²) < 4.78 is 13.1. The molecule has 1 aliphatic rings. The number of rotatable bonds is 6. The van der Waals surface area contributed by atoms with Crippen molar-refractivity contribution in [1.29, 1.82) is 0 Å². The van der Waals surface area contributed by atoms with E-state index >= 15 is 0 Å². The predicted molar refractivity (Wildman–Crippen MR) is 94.1 cm³/mol. The minimum absolute atomic E-state index is 0.237. The van der Waals surface area contributed by atoms with Gasteiger partial charge in [-0.1, -0.05) is 12.1 Å². The third-order valence-electron chi connectivity index (χ3n) is 4.87. The van der Waals surface area contributed by atoms with E-state index in [0.29, 0.717) is 5.92 Å². The van der Waals surface area contributed by atoms with E-state index < -0.39 is 0 Å².